The van der Waals surface area contributed by atoms with Crippen molar-refractivity contribution in [3.8, 4) is 0 Å². The fourth-order valence-corrected chi connectivity index (χ4v) is 1.89. The molecule has 1 saturated heterocycles. The fourth-order valence-electron chi connectivity index (χ4n) is 1.89. The molecule has 1 fully saturated rings. The van der Waals surface area contributed by atoms with Crippen molar-refractivity contribution in [1.82, 2.24) is 10.3 Å². The van der Waals surface area contributed by atoms with Crippen LogP contribution in [0.15, 0.2) is 10.7 Å². The van der Waals surface area contributed by atoms with Crippen molar-refractivity contribution in [3.63, 3.8) is 0 Å². The molecule has 1 aliphatic heterocycles. The van der Waals surface area contributed by atoms with Crippen molar-refractivity contribution in [2.75, 3.05) is 31.2 Å². The van der Waals surface area contributed by atoms with Gasteiger partial charge in [0.05, 0.1) is 18.9 Å². The Balaban J connectivity index is 2.11. The van der Waals surface area contributed by atoms with Crippen molar-refractivity contribution >= 4 is 16.7 Å². The average molecular weight is 241 g/mol. The van der Waals surface area contributed by atoms with Crippen LogP contribution < -0.4 is 4.90 Å². The number of morpholine rings is 1. The summed E-state index contributed by atoms with van der Waals surface area (Å²) >= 11 is 0. The first-order valence-electron chi connectivity index (χ1n) is 5.20. The van der Waals surface area contributed by atoms with Gasteiger partial charge in [0, 0.05) is 13.1 Å². The van der Waals surface area contributed by atoms with Gasteiger partial charge in [-0.15, -0.1) is 0 Å². The molecule has 17 heavy (non-hydrogen) atoms. The summed E-state index contributed by atoms with van der Waals surface area (Å²) in [6.07, 6.45) is 0. The molecule has 0 atom stereocenters. The Bertz CT molecular complexity index is 552. The van der Waals surface area contributed by atoms with Crippen LogP contribution in [0, 0.1) is 11.6 Å². The minimum Gasteiger partial charge on any atom is -0.378 e. The van der Waals surface area contributed by atoms with Crippen LogP contribution in [0.4, 0.5) is 14.5 Å². The molecule has 0 unspecified atom stereocenters. The maximum Gasteiger partial charge on any atom is 0.192 e. The number of rotatable bonds is 1. The molecular weight excluding hydrogens is 232 g/mol. The van der Waals surface area contributed by atoms with Crippen LogP contribution in [0.3, 0.4) is 0 Å². The predicted octanol–water partition coefficient (Wildman–Crippen LogP) is 1.34. The van der Waals surface area contributed by atoms with Gasteiger partial charge in [-0.2, -0.15) is 0 Å². The molecule has 7 heteroatoms. The largest absolute Gasteiger partial charge is 0.378 e. The van der Waals surface area contributed by atoms with Crippen molar-refractivity contribution in [2.45, 2.75) is 0 Å². The van der Waals surface area contributed by atoms with Crippen LogP contribution in [0.5, 0.6) is 0 Å². The number of hydrogen-bond acceptors (Lipinski definition) is 5. The van der Waals surface area contributed by atoms with E-state index in [1.54, 1.807) is 4.90 Å². The Labute approximate surface area is 94.9 Å². The Hall–Kier alpha value is -1.76. The standard InChI is InChI=1S/C10H9F2N3O2/c11-8-7(15-1-3-16-4-2-15)5-6-10(9(8)12)14-17-13-6/h5H,1-4H2. The second-order valence-corrected chi connectivity index (χ2v) is 3.76. The number of ether oxygens (including phenoxy) is 1. The van der Waals surface area contributed by atoms with E-state index in [1.807, 2.05) is 0 Å². The number of nitrogens with zero attached hydrogens (tertiary/aromatic N) is 3. The number of anilines is 1. The number of benzene rings is 1. The Morgan fingerprint density at radius 3 is 2.65 bits per heavy atom. The lowest BCUT2D eigenvalue weighted by molar-refractivity contribution is 0.122. The smallest absolute Gasteiger partial charge is 0.192 e. The molecule has 0 saturated carbocycles. The van der Waals surface area contributed by atoms with Gasteiger partial charge in [0.2, 0.25) is 0 Å². The van der Waals surface area contributed by atoms with Gasteiger partial charge in [0.25, 0.3) is 0 Å². The van der Waals surface area contributed by atoms with Crippen molar-refractivity contribution in [2.24, 2.45) is 0 Å². The second-order valence-electron chi connectivity index (χ2n) is 3.76. The number of aromatic nitrogens is 2. The predicted molar refractivity (Wildman–Crippen MR) is 54.8 cm³/mol. The summed E-state index contributed by atoms with van der Waals surface area (Å²) in [4.78, 5) is 1.72. The molecule has 1 aliphatic rings. The fraction of sp³-hybridized carbons (Fsp3) is 0.400. The van der Waals surface area contributed by atoms with Crippen molar-refractivity contribution in [3.05, 3.63) is 17.7 Å². The van der Waals surface area contributed by atoms with E-state index >= 15 is 0 Å². The number of fused-ring (bicyclic) bond motifs is 1. The lowest BCUT2D eigenvalue weighted by Gasteiger charge is -2.29. The Morgan fingerprint density at radius 1 is 1.12 bits per heavy atom. The van der Waals surface area contributed by atoms with Gasteiger partial charge in [-0.1, -0.05) is 0 Å². The molecule has 0 spiro atoms. The maximum atomic E-state index is 13.8. The summed E-state index contributed by atoms with van der Waals surface area (Å²) in [6.45, 7) is 2.03. The highest BCUT2D eigenvalue weighted by Crippen LogP contribution is 2.28. The van der Waals surface area contributed by atoms with E-state index in [9.17, 15) is 8.78 Å². The van der Waals surface area contributed by atoms with Gasteiger partial charge in [-0.05, 0) is 16.4 Å². The molecule has 0 amide bonds. The first kappa shape index (κ1) is 10.4. The quantitative estimate of drug-likeness (QED) is 0.754. The molecule has 2 aromatic rings. The first-order chi connectivity index (χ1) is 8.27. The lowest BCUT2D eigenvalue weighted by atomic mass is 10.2. The summed E-state index contributed by atoms with van der Waals surface area (Å²) in [5, 5.41) is 6.85. The Morgan fingerprint density at radius 2 is 1.88 bits per heavy atom. The lowest BCUT2D eigenvalue weighted by Crippen LogP contribution is -2.36. The van der Waals surface area contributed by atoms with Gasteiger partial charge >= 0.3 is 0 Å². The van der Waals surface area contributed by atoms with Gasteiger partial charge in [0.15, 0.2) is 17.2 Å². The third-order valence-electron chi connectivity index (χ3n) is 2.76. The minimum absolute atomic E-state index is 0.175. The molecule has 0 N–H and O–H groups in total. The van der Waals surface area contributed by atoms with Crippen LogP contribution in [0.2, 0.25) is 0 Å². The highest BCUT2D eigenvalue weighted by Gasteiger charge is 2.22. The molecule has 0 bridgehead atoms. The summed E-state index contributed by atoms with van der Waals surface area (Å²) in [5.41, 5.74) is 0.207. The number of hydrogen-bond donors (Lipinski definition) is 0. The van der Waals surface area contributed by atoms with E-state index in [4.69, 9.17) is 4.74 Å². The summed E-state index contributed by atoms with van der Waals surface area (Å²) in [7, 11) is 0. The summed E-state index contributed by atoms with van der Waals surface area (Å²) in [6, 6.07) is 1.44. The highest BCUT2D eigenvalue weighted by atomic mass is 19.2. The molecule has 90 valence electrons. The van der Waals surface area contributed by atoms with E-state index in [2.05, 4.69) is 14.9 Å². The van der Waals surface area contributed by atoms with Crippen LogP contribution in [-0.2, 0) is 4.74 Å². The number of halogens is 2. The normalized spacial score (nSPS) is 16.7. The van der Waals surface area contributed by atoms with Crippen molar-refractivity contribution < 1.29 is 18.1 Å². The maximum absolute atomic E-state index is 13.8. The van der Waals surface area contributed by atoms with E-state index in [0.717, 1.165) is 0 Å². The van der Waals surface area contributed by atoms with Crippen molar-refractivity contribution in [1.29, 1.82) is 0 Å². The van der Waals surface area contributed by atoms with Gasteiger partial charge in [-0.25, -0.2) is 13.4 Å². The monoisotopic (exact) mass is 241 g/mol. The zero-order valence-electron chi connectivity index (χ0n) is 8.82. The summed E-state index contributed by atoms with van der Waals surface area (Å²) < 4.78 is 37.0. The van der Waals surface area contributed by atoms with Gasteiger partial charge in [0.1, 0.15) is 5.52 Å². The van der Waals surface area contributed by atoms with E-state index < -0.39 is 11.6 Å². The van der Waals surface area contributed by atoms with Gasteiger partial charge < -0.3 is 9.64 Å². The molecule has 2 heterocycles. The van der Waals surface area contributed by atoms with E-state index in [-0.39, 0.29) is 16.7 Å². The van der Waals surface area contributed by atoms with E-state index in [0.29, 0.717) is 26.3 Å². The van der Waals surface area contributed by atoms with Crippen LogP contribution in [-0.4, -0.2) is 36.6 Å². The molecule has 0 aliphatic carbocycles. The third-order valence-corrected chi connectivity index (χ3v) is 2.76. The molecule has 0 radical (unpaired) electrons. The molecule has 5 nitrogen and oxygen atoms in total. The molecule has 1 aromatic heterocycles. The third kappa shape index (κ3) is 1.62. The zero-order chi connectivity index (χ0) is 11.8. The first-order valence-corrected chi connectivity index (χ1v) is 5.20. The van der Waals surface area contributed by atoms with Crippen LogP contribution >= 0.6 is 0 Å². The molecular formula is C10H9F2N3O2. The topological polar surface area (TPSA) is 51.4 Å². The SMILES string of the molecule is Fc1c(N2CCOCC2)cc2nonc2c1F. The zero-order valence-corrected chi connectivity index (χ0v) is 8.82. The van der Waals surface area contributed by atoms with Crippen LogP contribution in [0.25, 0.3) is 11.0 Å². The highest BCUT2D eigenvalue weighted by molar-refractivity contribution is 5.79. The van der Waals surface area contributed by atoms with Crippen LogP contribution in [0.1, 0.15) is 0 Å². The van der Waals surface area contributed by atoms with E-state index in [1.165, 1.54) is 6.07 Å². The Kier molecular flexibility index (Phi) is 2.40. The van der Waals surface area contributed by atoms with Gasteiger partial charge in [-0.3, -0.25) is 0 Å². The summed E-state index contributed by atoms with van der Waals surface area (Å²) in [5.74, 6) is -1.94. The minimum atomic E-state index is -1.02. The molecule has 3 rings (SSSR count). The average Bonchev–Trinajstić information content (AvgIpc) is 2.83. The second kappa shape index (κ2) is 3.92. The molecule has 1 aromatic carbocycles.